The van der Waals surface area contributed by atoms with Gasteiger partial charge in [0.1, 0.15) is 5.75 Å². The summed E-state index contributed by atoms with van der Waals surface area (Å²) >= 11 is 0. The molecule has 2 aromatic rings. The first-order valence-electron chi connectivity index (χ1n) is 10.6. The van der Waals surface area contributed by atoms with Gasteiger partial charge in [0, 0.05) is 5.56 Å². The van der Waals surface area contributed by atoms with Crippen molar-refractivity contribution >= 4 is 11.8 Å². The Hall–Kier alpha value is -2.50. The summed E-state index contributed by atoms with van der Waals surface area (Å²) in [4.78, 5) is 24.8. The molecule has 0 aromatic heterocycles. The van der Waals surface area contributed by atoms with Crippen LogP contribution >= 0.6 is 0 Å². The summed E-state index contributed by atoms with van der Waals surface area (Å²) in [5.41, 5.74) is 5.88. The van der Waals surface area contributed by atoms with Gasteiger partial charge in [0.25, 0.3) is 5.78 Å². The van der Waals surface area contributed by atoms with Gasteiger partial charge in [-0.3, -0.25) is 4.79 Å². The summed E-state index contributed by atoms with van der Waals surface area (Å²) in [5.74, 6) is -0.967. The molecule has 0 saturated heterocycles. The number of benzene rings is 2. The first-order valence-corrected chi connectivity index (χ1v) is 10.6. The van der Waals surface area contributed by atoms with E-state index in [1.54, 1.807) is 13.8 Å². The molecule has 170 valence electrons. The molecule has 0 bridgehead atoms. The molecule has 31 heavy (non-hydrogen) atoms. The van der Waals surface area contributed by atoms with E-state index < -0.39 is 11.8 Å². The maximum Gasteiger partial charge on any atom is 0.385 e. The van der Waals surface area contributed by atoms with Crippen LogP contribution in [0.5, 0.6) is 5.75 Å². The van der Waals surface area contributed by atoms with Crippen molar-refractivity contribution in [2.75, 3.05) is 0 Å². The van der Waals surface area contributed by atoms with Crippen LogP contribution in [0.1, 0.15) is 70.4 Å². The minimum Gasteiger partial charge on any atom is -0.420 e. The molecule has 0 aliphatic heterocycles. The van der Waals surface area contributed by atoms with Gasteiger partial charge in [0.05, 0.1) is 12.2 Å². The first-order chi connectivity index (χ1) is 14.3. The number of hydrogen-bond acceptors (Lipinski definition) is 5. The molecule has 0 spiro atoms. The van der Waals surface area contributed by atoms with Crippen LogP contribution < -0.4 is 4.74 Å². The number of aliphatic hydroxyl groups is 2. The van der Waals surface area contributed by atoms with E-state index in [0.717, 1.165) is 33.4 Å². The number of esters is 1. The van der Waals surface area contributed by atoms with E-state index in [1.165, 1.54) is 0 Å². The predicted octanol–water partition coefficient (Wildman–Crippen LogP) is 4.85. The van der Waals surface area contributed by atoms with E-state index >= 15 is 0 Å². The van der Waals surface area contributed by atoms with E-state index in [1.807, 2.05) is 65.8 Å². The second-order valence-corrected chi connectivity index (χ2v) is 8.50. The second kappa shape index (κ2) is 11.8. The van der Waals surface area contributed by atoms with Crippen LogP contribution in [0, 0.1) is 41.5 Å². The van der Waals surface area contributed by atoms with Gasteiger partial charge < -0.3 is 14.9 Å². The van der Waals surface area contributed by atoms with Crippen LogP contribution in [0.3, 0.4) is 0 Å². The SMILES string of the molecule is CC(O)CCC(C)O.Cc1cc(C)c(OC(=O)C(=O)c2c(C)cc(C)cc2C)c(C)c1. The Morgan fingerprint density at radius 3 is 1.45 bits per heavy atom. The predicted molar refractivity (Wildman–Crippen MR) is 124 cm³/mol. The Morgan fingerprint density at radius 2 is 1.10 bits per heavy atom. The van der Waals surface area contributed by atoms with Gasteiger partial charge in [0.2, 0.25) is 0 Å². The molecule has 0 radical (unpaired) electrons. The second-order valence-electron chi connectivity index (χ2n) is 8.50. The number of ether oxygens (including phenoxy) is 1. The molecule has 5 nitrogen and oxygen atoms in total. The molecule has 5 heteroatoms. The molecule has 0 amide bonds. The van der Waals surface area contributed by atoms with Crippen molar-refractivity contribution in [1.82, 2.24) is 0 Å². The van der Waals surface area contributed by atoms with Crippen LogP contribution in [0.15, 0.2) is 24.3 Å². The maximum absolute atomic E-state index is 12.5. The molecule has 0 fully saturated rings. The van der Waals surface area contributed by atoms with E-state index in [9.17, 15) is 9.59 Å². The Bertz CT molecular complexity index is 871. The number of aryl methyl sites for hydroxylation is 6. The van der Waals surface area contributed by atoms with Crippen molar-refractivity contribution in [1.29, 1.82) is 0 Å². The highest BCUT2D eigenvalue weighted by atomic mass is 16.5. The maximum atomic E-state index is 12.5. The summed E-state index contributed by atoms with van der Waals surface area (Å²) in [5, 5.41) is 17.4. The quantitative estimate of drug-likeness (QED) is 0.297. The average molecular weight is 429 g/mol. The fourth-order valence-corrected chi connectivity index (χ4v) is 3.59. The van der Waals surface area contributed by atoms with Crippen molar-refractivity contribution < 1.29 is 24.5 Å². The molecular formula is C26H36O5. The molecule has 0 saturated carbocycles. The number of aliphatic hydroxyl groups excluding tert-OH is 2. The highest BCUT2D eigenvalue weighted by Crippen LogP contribution is 2.25. The highest BCUT2D eigenvalue weighted by molar-refractivity contribution is 6.41. The molecular weight excluding hydrogens is 392 g/mol. The zero-order valence-electron chi connectivity index (χ0n) is 20.0. The third-order valence-electron chi connectivity index (χ3n) is 4.89. The highest BCUT2D eigenvalue weighted by Gasteiger charge is 2.24. The van der Waals surface area contributed by atoms with Gasteiger partial charge in [-0.05, 0) is 90.5 Å². The molecule has 0 aliphatic carbocycles. The lowest BCUT2D eigenvalue weighted by Gasteiger charge is -2.13. The van der Waals surface area contributed by atoms with Crippen molar-refractivity contribution in [3.63, 3.8) is 0 Å². The zero-order chi connectivity index (χ0) is 23.9. The monoisotopic (exact) mass is 428 g/mol. The van der Waals surface area contributed by atoms with Crippen LogP contribution in [0.4, 0.5) is 0 Å². The summed E-state index contributed by atoms with van der Waals surface area (Å²) in [6.07, 6.45) is 0.837. The molecule has 2 N–H and O–H groups in total. The summed E-state index contributed by atoms with van der Waals surface area (Å²) < 4.78 is 5.40. The summed E-state index contributed by atoms with van der Waals surface area (Å²) in [7, 11) is 0. The lowest BCUT2D eigenvalue weighted by Crippen LogP contribution is -2.23. The van der Waals surface area contributed by atoms with Gasteiger partial charge in [-0.25, -0.2) is 4.79 Å². The molecule has 2 atom stereocenters. The van der Waals surface area contributed by atoms with E-state index in [-0.39, 0.29) is 12.2 Å². The fraction of sp³-hybridized carbons (Fsp3) is 0.462. The van der Waals surface area contributed by atoms with E-state index in [2.05, 4.69) is 0 Å². The molecule has 0 heterocycles. The van der Waals surface area contributed by atoms with Gasteiger partial charge in [-0.1, -0.05) is 35.4 Å². The van der Waals surface area contributed by atoms with Gasteiger partial charge >= 0.3 is 5.97 Å². The third-order valence-corrected chi connectivity index (χ3v) is 4.89. The number of hydrogen-bond donors (Lipinski definition) is 2. The average Bonchev–Trinajstić information content (AvgIpc) is 2.62. The normalized spacial score (nSPS) is 12.5. The molecule has 2 rings (SSSR count). The minimum atomic E-state index is -0.838. The van der Waals surface area contributed by atoms with Crippen LogP contribution in [-0.4, -0.2) is 34.2 Å². The molecule has 2 aromatic carbocycles. The standard InChI is InChI=1S/C20H22O3.C6H14O2/c1-11-7-13(3)17(14(4)8-11)18(21)20(22)23-19-15(5)9-12(2)10-16(19)6;1-5(7)3-4-6(2)8/h7-10H,1-6H3;5-8H,3-4H2,1-2H3. The number of carbonyl (C=O) groups excluding carboxylic acids is 2. The van der Waals surface area contributed by atoms with Crippen LogP contribution in [0.25, 0.3) is 0 Å². The van der Waals surface area contributed by atoms with E-state index in [0.29, 0.717) is 24.2 Å². The number of ketones is 1. The van der Waals surface area contributed by atoms with Crippen molar-refractivity contribution in [3.05, 3.63) is 63.2 Å². The number of rotatable bonds is 6. The van der Waals surface area contributed by atoms with Gasteiger partial charge in [-0.15, -0.1) is 0 Å². The summed E-state index contributed by atoms with van der Waals surface area (Å²) in [6.45, 7) is 14.8. The minimum absolute atomic E-state index is 0.274. The molecule has 2 unspecified atom stereocenters. The number of Topliss-reactive ketones (excluding diaryl/α,β-unsaturated/α-hetero) is 1. The van der Waals surface area contributed by atoms with Crippen molar-refractivity contribution in [2.24, 2.45) is 0 Å². The van der Waals surface area contributed by atoms with Crippen molar-refractivity contribution in [2.45, 2.75) is 80.4 Å². The van der Waals surface area contributed by atoms with Crippen molar-refractivity contribution in [3.8, 4) is 5.75 Å². The number of carbonyl (C=O) groups is 2. The van der Waals surface area contributed by atoms with E-state index in [4.69, 9.17) is 14.9 Å². The Labute approximate surface area is 186 Å². The third kappa shape index (κ3) is 8.27. The largest absolute Gasteiger partial charge is 0.420 e. The van der Waals surface area contributed by atoms with Gasteiger partial charge in [0.15, 0.2) is 0 Å². The molecule has 0 aliphatic rings. The lowest BCUT2D eigenvalue weighted by atomic mass is 9.96. The lowest BCUT2D eigenvalue weighted by molar-refractivity contribution is -0.129. The fourth-order valence-electron chi connectivity index (χ4n) is 3.59. The Kier molecular flexibility index (Phi) is 10.1. The van der Waals surface area contributed by atoms with Gasteiger partial charge in [-0.2, -0.15) is 0 Å². The Morgan fingerprint density at radius 1 is 0.742 bits per heavy atom. The zero-order valence-corrected chi connectivity index (χ0v) is 20.0. The topological polar surface area (TPSA) is 83.8 Å². The smallest absolute Gasteiger partial charge is 0.385 e. The summed E-state index contributed by atoms with van der Waals surface area (Å²) in [6, 6.07) is 7.66. The first kappa shape index (κ1) is 26.5. The van der Waals surface area contributed by atoms with Crippen LogP contribution in [0.2, 0.25) is 0 Å². The Balaban J connectivity index is 0.000000512. The van der Waals surface area contributed by atoms with Crippen LogP contribution in [-0.2, 0) is 4.79 Å².